The molecular weight excluding hydrogens is 304 g/mol. The van der Waals surface area contributed by atoms with Crippen LogP contribution in [0.4, 0.5) is 4.39 Å². The van der Waals surface area contributed by atoms with Gasteiger partial charge < -0.3 is 5.32 Å². The predicted molar refractivity (Wildman–Crippen MR) is 71.0 cm³/mol. The lowest BCUT2D eigenvalue weighted by Gasteiger charge is -2.07. The van der Waals surface area contributed by atoms with Crippen LogP contribution in [0.1, 0.15) is 24.0 Å². The lowest BCUT2D eigenvalue weighted by atomic mass is 10.1. The van der Waals surface area contributed by atoms with Gasteiger partial charge in [0.1, 0.15) is 5.82 Å². The Hall–Kier alpha value is -0.160. The average molecular weight is 321 g/mol. The molecule has 0 heterocycles. The Morgan fingerprint density at radius 2 is 2.13 bits per heavy atom. The first-order valence-electron chi connectivity index (χ1n) is 5.25. The lowest BCUT2D eigenvalue weighted by Crippen LogP contribution is -2.15. The minimum Gasteiger partial charge on any atom is -0.313 e. The van der Waals surface area contributed by atoms with Crippen molar-refractivity contribution in [2.75, 3.05) is 11.0 Å². The van der Waals surface area contributed by atoms with E-state index in [9.17, 15) is 4.39 Å². The fraction of sp³-hybridized carbons (Fsp3) is 0.500. The van der Waals surface area contributed by atoms with Crippen LogP contribution in [0.15, 0.2) is 18.2 Å². The Bertz CT molecular complexity index is 302. The zero-order valence-electron chi connectivity index (χ0n) is 9.02. The second kappa shape index (κ2) is 7.17. The molecule has 1 N–H and O–H groups in total. The summed E-state index contributed by atoms with van der Waals surface area (Å²) in [4.78, 5) is 0. The van der Waals surface area contributed by atoms with Crippen molar-refractivity contribution in [1.82, 2.24) is 5.32 Å². The van der Waals surface area contributed by atoms with E-state index in [1.807, 2.05) is 13.0 Å². The number of aryl methyl sites for hydroxylation is 1. The van der Waals surface area contributed by atoms with Gasteiger partial charge in [-0.25, -0.2) is 4.39 Å². The summed E-state index contributed by atoms with van der Waals surface area (Å²) in [6.45, 7) is 3.83. The Kier molecular flexibility index (Phi) is 6.17. The van der Waals surface area contributed by atoms with E-state index in [-0.39, 0.29) is 5.82 Å². The van der Waals surface area contributed by atoms with Crippen LogP contribution in [0, 0.1) is 12.7 Å². The SMILES string of the molecule is Cc1cc(F)ccc1CNCCCCI. The van der Waals surface area contributed by atoms with Crippen LogP contribution in [0.25, 0.3) is 0 Å². The molecule has 0 aliphatic carbocycles. The molecule has 0 aliphatic rings. The van der Waals surface area contributed by atoms with Crippen LogP contribution in [0.3, 0.4) is 0 Å². The second-order valence-electron chi connectivity index (χ2n) is 3.64. The Morgan fingerprint density at radius 3 is 2.80 bits per heavy atom. The van der Waals surface area contributed by atoms with Gasteiger partial charge in [-0.1, -0.05) is 28.7 Å². The van der Waals surface area contributed by atoms with Crippen LogP contribution in [-0.4, -0.2) is 11.0 Å². The summed E-state index contributed by atoms with van der Waals surface area (Å²) >= 11 is 2.39. The molecule has 0 unspecified atom stereocenters. The number of halogens is 2. The van der Waals surface area contributed by atoms with Crippen LogP contribution in [-0.2, 0) is 6.54 Å². The number of nitrogens with one attached hydrogen (secondary N) is 1. The van der Waals surface area contributed by atoms with Crippen molar-refractivity contribution in [2.45, 2.75) is 26.3 Å². The highest BCUT2D eigenvalue weighted by molar-refractivity contribution is 14.1. The highest BCUT2D eigenvalue weighted by Gasteiger charge is 1.99. The highest BCUT2D eigenvalue weighted by atomic mass is 127. The first-order chi connectivity index (χ1) is 7.24. The van der Waals surface area contributed by atoms with Crippen molar-refractivity contribution >= 4 is 22.6 Å². The van der Waals surface area contributed by atoms with Crippen molar-refractivity contribution in [1.29, 1.82) is 0 Å². The van der Waals surface area contributed by atoms with E-state index in [2.05, 4.69) is 27.9 Å². The second-order valence-corrected chi connectivity index (χ2v) is 4.72. The molecule has 0 fully saturated rings. The van der Waals surface area contributed by atoms with Gasteiger partial charge in [0.15, 0.2) is 0 Å². The van der Waals surface area contributed by atoms with Gasteiger partial charge in [-0.15, -0.1) is 0 Å². The zero-order valence-corrected chi connectivity index (χ0v) is 11.2. The maximum Gasteiger partial charge on any atom is 0.123 e. The number of hydrogen-bond acceptors (Lipinski definition) is 1. The molecule has 0 saturated carbocycles. The molecule has 0 atom stereocenters. The third kappa shape index (κ3) is 4.93. The summed E-state index contributed by atoms with van der Waals surface area (Å²) in [5.74, 6) is -0.152. The number of rotatable bonds is 6. The number of benzene rings is 1. The smallest absolute Gasteiger partial charge is 0.123 e. The van der Waals surface area contributed by atoms with Crippen molar-refractivity contribution in [3.63, 3.8) is 0 Å². The van der Waals surface area contributed by atoms with E-state index in [4.69, 9.17) is 0 Å². The number of hydrogen-bond donors (Lipinski definition) is 1. The highest BCUT2D eigenvalue weighted by Crippen LogP contribution is 2.09. The van der Waals surface area contributed by atoms with Gasteiger partial charge in [-0.05, 0) is 54.0 Å². The molecule has 1 aromatic rings. The third-order valence-electron chi connectivity index (χ3n) is 2.36. The molecule has 1 nitrogen and oxygen atoms in total. The molecule has 1 rings (SSSR count). The zero-order chi connectivity index (χ0) is 11.1. The number of alkyl halides is 1. The summed E-state index contributed by atoms with van der Waals surface area (Å²) in [5.41, 5.74) is 2.21. The van der Waals surface area contributed by atoms with E-state index in [1.165, 1.54) is 28.9 Å². The summed E-state index contributed by atoms with van der Waals surface area (Å²) in [5, 5.41) is 3.37. The Balaban J connectivity index is 2.31. The van der Waals surface area contributed by atoms with Crippen molar-refractivity contribution in [3.05, 3.63) is 35.1 Å². The summed E-state index contributed by atoms with van der Waals surface area (Å²) in [7, 11) is 0. The van der Waals surface area contributed by atoms with Crippen molar-refractivity contribution < 1.29 is 4.39 Å². The predicted octanol–water partition coefficient (Wildman–Crippen LogP) is 3.44. The van der Waals surface area contributed by atoms with Gasteiger partial charge in [0.2, 0.25) is 0 Å². The topological polar surface area (TPSA) is 12.0 Å². The molecule has 0 spiro atoms. The molecule has 0 aliphatic heterocycles. The fourth-order valence-corrected chi connectivity index (χ4v) is 1.96. The monoisotopic (exact) mass is 321 g/mol. The molecule has 0 amide bonds. The van der Waals surface area contributed by atoms with Gasteiger partial charge in [0.05, 0.1) is 0 Å². The Labute approximate surface area is 105 Å². The number of unbranched alkanes of at least 4 members (excludes halogenated alkanes) is 1. The van der Waals surface area contributed by atoms with E-state index in [0.717, 1.165) is 18.7 Å². The Morgan fingerprint density at radius 1 is 1.33 bits per heavy atom. The van der Waals surface area contributed by atoms with Gasteiger partial charge in [-0.2, -0.15) is 0 Å². The molecule has 0 radical (unpaired) electrons. The molecule has 84 valence electrons. The standard InChI is InChI=1S/C12H17FIN/c1-10-8-12(13)5-4-11(10)9-15-7-3-2-6-14/h4-5,8,15H,2-3,6-7,9H2,1H3. The van der Waals surface area contributed by atoms with Gasteiger partial charge in [0, 0.05) is 6.54 Å². The first-order valence-corrected chi connectivity index (χ1v) is 6.78. The first kappa shape index (κ1) is 12.9. The van der Waals surface area contributed by atoms with E-state index >= 15 is 0 Å². The fourth-order valence-electron chi connectivity index (χ4n) is 1.43. The lowest BCUT2D eigenvalue weighted by molar-refractivity contribution is 0.619. The normalized spacial score (nSPS) is 10.6. The van der Waals surface area contributed by atoms with Crippen LogP contribution >= 0.6 is 22.6 Å². The van der Waals surface area contributed by atoms with E-state index < -0.39 is 0 Å². The molecule has 3 heteroatoms. The van der Waals surface area contributed by atoms with Crippen LogP contribution in [0.5, 0.6) is 0 Å². The summed E-state index contributed by atoms with van der Waals surface area (Å²) in [6.07, 6.45) is 2.47. The minimum atomic E-state index is -0.152. The maximum atomic E-state index is 12.8. The maximum absolute atomic E-state index is 12.8. The molecular formula is C12H17FIN. The third-order valence-corrected chi connectivity index (χ3v) is 3.12. The molecule has 1 aromatic carbocycles. The quantitative estimate of drug-likeness (QED) is 0.481. The van der Waals surface area contributed by atoms with Gasteiger partial charge >= 0.3 is 0 Å². The molecule has 0 aromatic heterocycles. The summed E-state index contributed by atoms with van der Waals surface area (Å²) in [6, 6.07) is 4.96. The average Bonchev–Trinajstić information content (AvgIpc) is 2.20. The van der Waals surface area contributed by atoms with Gasteiger partial charge in [0.25, 0.3) is 0 Å². The van der Waals surface area contributed by atoms with E-state index in [1.54, 1.807) is 6.07 Å². The molecule has 0 saturated heterocycles. The minimum absolute atomic E-state index is 0.152. The molecule has 15 heavy (non-hydrogen) atoms. The summed E-state index contributed by atoms with van der Waals surface area (Å²) < 4.78 is 14.0. The van der Waals surface area contributed by atoms with Crippen molar-refractivity contribution in [2.24, 2.45) is 0 Å². The van der Waals surface area contributed by atoms with Crippen LogP contribution in [0.2, 0.25) is 0 Å². The largest absolute Gasteiger partial charge is 0.313 e. The van der Waals surface area contributed by atoms with Crippen LogP contribution < -0.4 is 5.32 Å². The molecule has 0 bridgehead atoms. The van der Waals surface area contributed by atoms with Crippen molar-refractivity contribution in [3.8, 4) is 0 Å². The van der Waals surface area contributed by atoms with E-state index in [0.29, 0.717) is 0 Å². The van der Waals surface area contributed by atoms with Gasteiger partial charge in [-0.3, -0.25) is 0 Å².